The average molecular weight is 663 g/mol. The Bertz CT molecular complexity index is 2860. The molecule has 0 aliphatic rings. The minimum Gasteiger partial charge on any atom is -0.455 e. The summed E-state index contributed by atoms with van der Waals surface area (Å²) in [5, 5.41) is 7.18. The first kappa shape index (κ1) is 30.2. The smallest absolute Gasteiger partial charge is 0.143 e. The van der Waals surface area contributed by atoms with E-state index in [0.29, 0.717) is 0 Å². The van der Waals surface area contributed by atoms with Crippen molar-refractivity contribution in [1.82, 2.24) is 0 Å². The highest BCUT2D eigenvalue weighted by atomic mass is 16.3. The van der Waals surface area contributed by atoms with Gasteiger partial charge in [-0.1, -0.05) is 182 Å². The summed E-state index contributed by atoms with van der Waals surface area (Å²) in [5.74, 6) is 0.0702. The lowest BCUT2D eigenvalue weighted by Crippen LogP contribution is -2.04. The molecule has 10 aromatic rings. The summed E-state index contributed by atoms with van der Waals surface area (Å²) in [7, 11) is 0. The molecule has 1 heteroatoms. The van der Waals surface area contributed by atoms with Crippen LogP contribution >= 0.6 is 0 Å². The van der Waals surface area contributed by atoms with Crippen LogP contribution in [0, 0.1) is 0 Å². The van der Waals surface area contributed by atoms with E-state index >= 15 is 0 Å². The summed E-state index contributed by atoms with van der Waals surface area (Å²) in [6.07, 6.45) is 0. The van der Waals surface area contributed by atoms with Crippen LogP contribution in [0.15, 0.2) is 205 Å². The third kappa shape index (κ3) is 5.27. The number of furan rings is 1. The molecule has 10 rings (SSSR count). The number of fused-ring (bicyclic) bond motifs is 6. The molecule has 52 heavy (non-hydrogen) atoms. The summed E-state index contributed by atoms with van der Waals surface area (Å²) in [6, 6.07) is 72.5. The monoisotopic (exact) mass is 662 g/mol. The first-order valence-corrected chi connectivity index (χ1v) is 17.9. The van der Waals surface area contributed by atoms with E-state index in [4.69, 9.17) is 4.42 Å². The molecular formula is C51H34O. The molecule has 9 aromatic carbocycles. The van der Waals surface area contributed by atoms with Gasteiger partial charge >= 0.3 is 0 Å². The molecule has 0 N–H and O–H groups in total. The maximum absolute atomic E-state index is 6.51. The molecule has 1 aromatic heterocycles. The summed E-state index contributed by atoms with van der Waals surface area (Å²) >= 11 is 0. The molecule has 0 radical (unpaired) electrons. The second kappa shape index (κ2) is 12.6. The van der Waals surface area contributed by atoms with Crippen LogP contribution in [0.5, 0.6) is 0 Å². The lowest BCUT2D eigenvalue weighted by atomic mass is 9.82. The van der Waals surface area contributed by atoms with E-state index in [0.717, 1.165) is 32.9 Å². The van der Waals surface area contributed by atoms with Crippen molar-refractivity contribution in [3.63, 3.8) is 0 Å². The van der Waals surface area contributed by atoms with Gasteiger partial charge in [-0.15, -0.1) is 0 Å². The van der Waals surface area contributed by atoms with Gasteiger partial charge in [0.05, 0.1) is 0 Å². The van der Waals surface area contributed by atoms with Crippen LogP contribution < -0.4 is 0 Å². The lowest BCUT2D eigenvalue weighted by Gasteiger charge is -2.22. The molecule has 0 aliphatic carbocycles. The minimum atomic E-state index is 0.0702. The SMILES string of the molecule is c1ccc(-c2ccc(-c3ccc(C(c4ccc(-c5ccc6c(c5)oc5c7ccccc7ccc65)cc4)c4cccc5ccccc45)cc3)cc2)cc1. The van der Waals surface area contributed by atoms with Crippen LogP contribution in [0.2, 0.25) is 0 Å². The topological polar surface area (TPSA) is 13.1 Å². The second-order valence-corrected chi connectivity index (χ2v) is 13.7. The predicted molar refractivity (Wildman–Crippen MR) is 219 cm³/mol. The minimum absolute atomic E-state index is 0.0702. The van der Waals surface area contributed by atoms with Gasteiger partial charge < -0.3 is 4.42 Å². The Morgan fingerprint density at radius 3 is 1.46 bits per heavy atom. The van der Waals surface area contributed by atoms with Gasteiger partial charge in [-0.25, -0.2) is 0 Å². The Labute approximate surface area is 303 Å². The van der Waals surface area contributed by atoms with Crippen molar-refractivity contribution in [2.24, 2.45) is 0 Å². The predicted octanol–water partition coefficient (Wildman–Crippen LogP) is 14.1. The highest BCUT2D eigenvalue weighted by Gasteiger charge is 2.20. The van der Waals surface area contributed by atoms with E-state index in [2.05, 4.69) is 200 Å². The van der Waals surface area contributed by atoms with Gasteiger partial charge in [0.15, 0.2) is 0 Å². The molecule has 0 bridgehead atoms. The number of hydrogen-bond acceptors (Lipinski definition) is 1. The van der Waals surface area contributed by atoms with Crippen LogP contribution in [0.1, 0.15) is 22.6 Å². The van der Waals surface area contributed by atoms with Gasteiger partial charge in [0.25, 0.3) is 0 Å². The van der Waals surface area contributed by atoms with Crippen LogP contribution in [0.25, 0.3) is 76.9 Å². The molecule has 0 saturated carbocycles. The fourth-order valence-electron chi connectivity index (χ4n) is 7.96. The third-order valence-electron chi connectivity index (χ3n) is 10.6. The van der Waals surface area contributed by atoms with E-state index < -0.39 is 0 Å². The average Bonchev–Trinajstić information content (AvgIpc) is 3.61. The molecule has 0 spiro atoms. The molecule has 0 aliphatic heterocycles. The van der Waals surface area contributed by atoms with Gasteiger partial charge in [0, 0.05) is 22.1 Å². The van der Waals surface area contributed by atoms with Crippen molar-refractivity contribution in [2.75, 3.05) is 0 Å². The number of benzene rings is 9. The highest BCUT2D eigenvalue weighted by molar-refractivity contribution is 6.15. The zero-order valence-electron chi connectivity index (χ0n) is 28.5. The number of hydrogen-bond donors (Lipinski definition) is 0. The standard InChI is InChI=1S/C51H34O/c1-2-9-34(10-3-1)35-17-19-36(20-18-35)37-21-25-41(26-22-37)50(47-16-8-13-39-11-4-6-14-44(39)47)42-27-23-38(24-28-42)43-30-31-46-48-32-29-40-12-5-7-15-45(40)51(48)52-49(46)33-43/h1-33,50H. The molecule has 1 heterocycles. The van der Waals surface area contributed by atoms with Crippen molar-refractivity contribution in [1.29, 1.82) is 0 Å². The zero-order valence-corrected chi connectivity index (χ0v) is 28.5. The fraction of sp³-hybridized carbons (Fsp3) is 0.0196. The van der Waals surface area contributed by atoms with Crippen LogP contribution in [-0.2, 0) is 0 Å². The van der Waals surface area contributed by atoms with Gasteiger partial charge in [-0.3, -0.25) is 0 Å². The highest BCUT2D eigenvalue weighted by Crippen LogP contribution is 2.39. The molecule has 1 nitrogen and oxygen atoms in total. The maximum atomic E-state index is 6.51. The Balaban J connectivity index is 1.02. The van der Waals surface area contributed by atoms with Crippen molar-refractivity contribution in [3.05, 3.63) is 217 Å². The Morgan fingerprint density at radius 2 is 0.788 bits per heavy atom. The summed E-state index contributed by atoms with van der Waals surface area (Å²) in [5.41, 5.74) is 12.9. The van der Waals surface area contributed by atoms with Crippen molar-refractivity contribution >= 4 is 43.5 Å². The zero-order chi connectivity index (χ0) is 34.4. The normalized spacial score (nSPS) is 12.2. The summed E-state index contributed by atoms with van der Waals surface area (Å²) < 4.78 is 6.51. The van der Waals surface area contributed by atoms with Gasteiger partial charge in [0.1, 0.15) is 11.2 Å². The second-order valence-electron chi connectivity index (χ2n) is 13.7. The Morgan fingerprint density at radius 1 is 0.308 bits per heavy atom. The van der Waals surface area contributed by atoms with Crippen LogP contribution in [0.3, 0.4) is 0 Å². The van der Waals surface area contributed by atoms with Crippen molar-refractivity contribution < 1.29 is 4.42 Å². The lowest BCUT2D eigenvalue weighted by molar-refractivity contribution is 0.673. The molecular weight excluding hydrogens is 629 g/mol. The van der Waals surface area contributed by atoms with Crippen LogP contribution in [0.4, 0.5) is 0 Å². The van der Waals surface area contributed by atoms with Gasteiger partial charge in [0.2, 0.25) is 0 Å². The van der Waals surface area contributed by atoms with Gasteiger partial charge in [-0.05, 0) is 84.4 Å². The van der Waals surface area contributed by atoms with Crippen LogP contribution in [-0.4, -0.2) is 0 Å². The van der Waals surface area contributed by atoms with Crippen molar-refractivity contribution in [3.8, 4) is 33.4 Å². The van der Waals surface area contributed by atoms with E-state index in [-0.39, 0.29) is 5.92 Å². The molecule has 1 unspecified atom stereocenters. The largest absolute Gasteiger partial charge is 0.455 e. The summed E-state index contributed by atoms with van der Waals surface area (Å²) in [4.78, 5) is 0. The fourth-order valence-corrected chi connectivity index (χ4v) is 7.96. The molecule has 0 saturated heterocycles. The Hall–Kier alpha value is -6.70. The first-order chi connectivity index (χ1) is 25.8. The van der Waals surface area contributed by atoms with E-state index in [1.165, 1.54) is 60.7 Å². The maximum Gasteiger partial charge on any atom is 0.143 e. The summed E-state index contributed by atoms with van der Waals surface area (Å²) in [6.45, 7) is 0. The van der Waals surface area contributed by atoms with Gasteiger partial charge in [-0.2, -0.15) is 0 Å². The first-order valence-electron chi connectivity index (χ1n) is 17.9. The molecule has 1 atom stereocenters. The Kier molecular flexibility index (Phi) is 7.29. The molecule has 0 amide bonds. The van der Waals surface area contributed by atoms with E-state index in [1.807, 2.05) is 0 Å². The molecule has 0 fully saturated rings. The number of rotatable bonds is 6. The van der Waals surface area contributed by atoms with E-state index in [1.54, 1.807) is 0 Å². The quantitative estimate of drug-likeness (QED) is 0.162. The van der Waals surface area contributed by atoms with E-state index in [9.17, 15) is 0 Å². The third-order valence-corrected chi connectivity index (χ3v) is 10.6. The molecule has 244 valence electrons. The van der Waals surface area contributed by atoms with Crippen molar-refractivity contribution in [2.45, 2.75) is 5.92 Å².